The maximum absolute atomic E-state index is 10.2. The number of aliphatic hydroxyl groups is 2. The van der Waals surface area contributed by atoms with Crippen molar-refractivity contribution in [1.29, 1.82) is 0 Å². The topological polar surface area (TPSA) is 82.0 Å². The maximum atomic E-state index is 10.2. The van der Waals surface area contributed by atoms with Crippen molar-refractivity contribution in [2.24, 2.45) is 0 Å². The van der Waals surface area contributed by atoms with Crippen LogP contribution in [0.25, 0.3) is 0 Å². The van der Waals surface area contributed by atoms with Gasteiger partial charge in [-0.25, -0.2) is 0 Å². The number of nitrogens with one attached hydrogen (secondary N) is 1. The second-order valence-corrected chi connectivity index (χ2v) is 7.91. The second kappa shape index (κ2) is 13.4. The number of aryl methyl sites for hydroxylation is 2. The van der Waals surface area contributed by atoms with Crippen molar-refractivity contribution in [3.8, 4) is 5.75 Å². The molecule has 0 amide bonds. The van der Waals surface area contributed by atoms with E-state index < -0.39 is 6.10 Å². The zero-order valence-electron chi connectivity index (χ0n) is 18.4. The Kier molecular flexibility index (Phi) is 10.9. The maximum Gasteiger partial charge on any atom is 0.121 e. The summed E-state index contributed by atoms with van der Waals surface area (Å²) in [6.07, 6.45) is 4.74. The van der Waals surface area contributed by atoms with Crippen molar-refractivity contribution in [3.63, 3.8) is 0 Å². The Balaban J connectivity index is 1.47. The minimum Gasteiger partial charge on any atom is -0.508 e. The molecule has 0 aliphatic heterocycles. The van der Waals surface area contributed by atoms with Gasteiger partial charge in [-0.15, -0.1) is 0 Å². The van der Waals surface area contributed by atoms with E-state index in [0.717, 1.165) is 51.9 Å². The van der Waals surface area contributed by atoms with E-state index in [4.69, 9.17) is 4.74 Å². The van der Waals surface area contributed by atoms with Crippen LogP contribution in [0.4, 0.5) is 0 Å². The molecule has 1 atom stereocenters. The molecule has 166 valence electrons. The molecule has 5 heteroatoms. The summed E-state index contributed by atoms with van der Waals surface area (Å²) in [7, 11) is 0. The quantitative estimate of drug-likeness (QED) is 0.351. The van der Waals surface area contributed by atoms with Gasteiger partial charge < -0.3 is 25.4 Å². The number of aromatic hydroxyl groups is 1. The summed E-state index contributed by atoms with van der Waals surface area (Å²) in [5.41, 5.74) is 5.22. The molecule has 2 aromatic carbocycles. The molecular weight excluding hydrogens is 378 g/mol. The summed E-state index contributed by atoms with van der Waals surface area (Å²) >= 11 is 0. The van der Waals surface area contributed by atoms with Crippen molar-refractivity contribution in [2.45, 2.75) is 58.7 Å². The van der Waals surface area contributed by atoms with Crippen LogP contribution in [0.3, 0.4) is 0 Å². The third-order valence-electron chi connectivity index (χ3n) is 5.53. The van der Waals surface area contributed by atoms with Crippen LogP contribution in [0.2, 0.25) is 0 Å². The van der Waals surface area contributed by atoms with Gasteiger partial charge in [0.15, 0.2) is 0 Å². The van der Waals surface area contributed by atoms with Crippen molar-refractivity contribution in [3.05, 3.63) is 64.2 Å². The van der Waals surface area contributed by atoms with E-state index in [-0.39, 0.29) is 12.4 Å². The third kappa shape index (κ3) is 8.07. The zero-order valence-corrected chi connectivity index (χ0v) is 18.4. The number of hydrogen-bond donors (Lipinski definition) is 4. The highest BCUT2D eigenvalue weighted by Crippen LogP contribution is 2.22. The van der Waals surface area contributed by atoms with Gasteiger partial charge in [0, 0.05) is 18.7 Å². The summed E-state index contributed by atoms with van der Waals surface area (Å²) in [6.45, 7) is 6.98. The predicted molar refractivity (Wildman–Crippen MR) is 121 cm³/mol. The molecule has 5 nitrogen and oxygen atoms in total. The highest BCUT2D eigenvalue weighted by atomic mass is 16.5. The molecule has 0 aliphatic rings. The Morgan fingerprint density at radius 3 is 2.43 bits per heavy atom. The minimum atomic E-state index is -0.652. The molecule has 4 N–H and O–H groups in total. The molecule has 0 bridgehead atoms. The lowest BCUT2D eigenvalue weighted by Gasteiger charge is -2.14. The Hall–Kier alpha value is -1.92. The first-order chi connectivity index (χ1) is 14.5. The number of unbranched alkanes of at least 4 members (excludes halogenated alkanes) is 3. The van der Waals surface area contributed by atoms with Crippen molar-refractivity contribution in [2.75, 3.05) is 26.3 Å². The molecule has 0 spiro atoms. The lowest BCUT2D eigenvalue weighted by molar-refractivity contribution is 0.132. The summed E-state index contributed by atoms with van der Waals surface area (Å²) in [5, 5.41) is 32.3. The van der Waals surface area contributed by atoms with Gasteiger partial charge in [-0.1, -0.05) is 37.1 Å². The van der Waals surface area contributed by atoms with Crippen molar-refractivity contribution in [1.82, 2.24) is 5.32 Å². The van der Waals surface area contributed by atoms with Gasteiger partial charge in [-0.3, -0.25) is 0 Å². The van der Waals surface area contributed by atoms with Gasteiger partial charge in [0.1, 0.15) is 5.75 Å². The second-order valence-electron chi connectivity index (χ2n) is 7.91. The van der Waals surface area contributed by atoms with E-state index in [2.05, 4.69) is 37.4 Å². The largest absolute Gasteiger partial charge is 0.508 e. The Labute approximate surface area is 180 Å². The standard InChI is InChI=1S/C25H37NO4/c1-19-8-7-9-20(2)23(19)12-15-30-14-6-4-3-5-13-26-17-25(29)21-10-11-24(28)22(16-21)18-27/h7-11,16,25-29H,3-6,12-15,17-18H2,1-2H3. The molecule has 0 heterocycles. The van der Waals surface area contributed by atoms with Gasteiger partial charge in [0.05, 0.1) is 19.3 Å². The lowest BCUT2D eigenvalue weighted by Crippen LogP contribution is -2.22. The van der Waals surface area contributed by atoms with Crippen molar-refractivity contribution >= 4 is 0 Å². The molecule has 2 aromatic rings. The summed E-state index contributed by atoms with van der Waals surface area (Å²) in [4.78, 5) is 0. The third-order valence-corrected chi connectivity index (χ3v) is 5.53. The van der Waals surface area contributed by atoms with Gasteiger partial charge in [0.2, 0.25) is 0 Å². The summed E-state index contributed by atoms with van der Waals surface area (Å²) in [5.74, 6) is 0.0516. The summed E-state index contributed by atoms with van der Waals surface area (Å²) in [6, 6.07) is 11.3. The number of aliphatic hydroxyl groups excluding tert-OH is 2. The number of rotatable bonds is 14. The first kappa shape index (κ1) is 24.4. The smallest absolute Gasteiger partial charge is 0.121 e. The molecule has 2 rings (SSSR count). The monoisotopic (exact) mass is 415 g/mol. The van der Waals surface area contributed by atoms with E-state index in [1.54, 1.807) is 12.1 Å². The predicted octanol–water partition coefficient (Wildman–Crippen LogP) is 3.94. The van der Waals surface area contributed by atoms with E-state index in [1.807, 2.05) is 0 Å². The molecule has 30 heavy (non-hydrogen) atoms. The summed E-state index contributed by atoms with van der Waals surface area (Å²) < 4.78 is 5.80. The van der Waals surface area contributed by atoms with Crippen LogP contribution in [0.15, 0.2) is 36.4 Å². The number of benzene rings is 2. The molecule has 1 unspecified atom stereocenters. The fourth-order valence-electron chi connectivity index (χ4n) is 3.62. The normalized spacial score (nSPS) is 12.3. The Bertz CT molecular complexity index is 743. The van der Waals surface area contributed by atoms with Gasteiger partial charge >= 0.3 is 0 Å². The van der Waals surface area contributed by atoms with Crippen LogP contribution in [0, 0.1) is 13.8 Å². The van der Waals surface area contributed by atoms with Gasteiger partial charge in [-0.05, 0) is 74.0 Å². The molecule has 0 saturated carbocycles. The Morgan fingerprint density at radius 1 is 0.967 bits per heavy atom. The fourth-order valence-corrected chi connectivity index (χ4v) is 3.62. The van der Waals surface area contributed by atoms with Crippen molar-refractivity contribution < 1.29 is 20.1 Å². The number of hydrogen-bond acceptors (Lipinski definition) is 5. The average molecular weight is 416 g/mol. The van der Waals surface area contributed by atoms with Crippen LogP contribution in [-0.4, -0.2) is 41.6 Å². The first-order valence-corrected chi connectivity index (χ1v) is 11.0. The molecule has 0 saturated heterocycles. The molecule has 0 aliphatic carbocycles. The van der Waals surface area contributed by atoms with Gasteiger partial charge in [-0.2, -0.15) is 0 Å². The van der Waals surface area contributed by atoms with Crippen LogP contribution < -0.4 is 5.32 Å². The number of ether oxygens (including phenoxy) is 1. The number of phenols is 1. The van der Waals surface area contributed by atoms with Crippen LogP contribution >= 0.6 is 0 Å². The first-order valence-electron chi connectivity index (χ1n) is 11.0. The van der Waals surface area contributed by atoms with Crippen LogP contribution in [0.5, 0.6) is 5.75 Å². The highest BCUT2D eigenvalue weighted by Gasteiger charge is 2.09. The SMILES string of the molecule is Cc1cccc(C)c1CCOCCCCCCNCC(O)c1ccc(O)c(CO)c1. The van der Waals surface area contributed by atoms with Crippen LogP contribution in [-0.2, 0) is 17.8 Å². The van der Waals surface area contributed by atoms with E-state index in [1.165, 1.54) is 22.8 Å². The van der Waals surface area contributed by atoms with Crippen LogP contribution in [0.1, 0.15) is 59.6 Å². The van der Waals surface area contributed by atoms with E-state index in [0.29, 0.717) is 17.7 Å². The molecule has 0 aromatic heterocycles. The minimum absolute atomic E-state index is 0.0516. The average Bonchev–Trinajstić information content (AvgIpc) is 2.73. The fraction of sp³-hybridized carbons (Fsp3) is 0.520. The lowest BCUT2D eigenvalue weighted by atomic mass is 10.0. The molecule has 0 radical (unpaired) electrons. The zero-order chi connectivity index (χ0) is 21.8. The highest BCUT2D eigenvalue weighted by molar-refractivity contribution is 5.36. The Morgan fingerprint density at radius 2 is 1.70 bits per heavy atom. The van der Waals surface area contributed by atoms with E-state index in [9.17, 15) is 15.3 Å². The molecular formula is C25H37NO4. The van der Waals surface area contributed by atoms with Gasteiger partial charge in [0.25, 0.3) is 0 Å². The molecule has 0 fully saturated rings. The van der Waals surface area contributed by atoms with E-state index >= 15 is 0 Å².